The Morgan fingerprint density at radius 1 is 1.25 bits per heavy atom. The monoisotopic (exact) mass is 343 g/mol. The number of hydrogen-bond donors (Lipinski definition) is 1. The number of para-hydroxylation sites is 1. The number of aryl methyl sites for hydroxylation is 1. The largest absolute Gasteiger partial charge is 0.328 e. The van der Waals surface area contributed by atoms with Crippen LogP contribution in [0.15, 0.2) is 24.3 Å². The predicted octanol–water partition coefficient (Wildman–Crippen LogP) is 1.66. The normalized spacial score (nSPS) is 21.4. The molecule has 0 spiro atoms. The maximum atomic E-state index is 4.85. The van der Waals surface area contributed by atoms with E-state index in [9.17, 15) is 0 Å². The van der Waals surface area contributed by atoms with Crippen molar-refractivity contribution in [3.63, 3.8) is 0 Å². The van der Waals surface area contributed by atoms with E-state index in [4.69, 9.17) is 4.98 Å². The van der Waals surface area contributed by atoms with Gasteiger partial charge in [0.1, 0.15) is 6.54 Å². The van der Waals surface area contributed by atoms with Crippen LogP contribution in [0, 0.1) is 0 Å². The average Bonchev–Trinajstić information content (AvgIpc) is 3.23. The number of nitrogens with zero attached hydrogens (tertiary/aromatic N) is 5. The summed E-state index contributed by atoms with van der Waals surface area (Å²) < 4.78 is 3.26. The molecule has 2 aromatic heterocycles. The molecule has 1 saturated heterocycles. The molecular weight excluding hydrogens is 320 g/mol. The van der Waals surface area contributed by atoms with Gasteiger partial charge in [-0.15, -0.1) is 16.4 Å². The zero-order chi connectivity index (χ0) is 16.4. The van der Waals surface area contributed by atoms with Crippen LogP contribution in [-0.2, 0) is 13.1 Å². The molecular formula is C17H23N6S+. The van der Waals surface area contributed by atoms with E-state index in [1.165, 1.54) is 35.6 Å². The highest BCUT2D eigenvalue weighted by Gasteiger charge is 2.27. The third-order valence-corrected chi connectivity index (χ3v) is 6.00. The summed E-state index contributed by atoms with van der Waals surface area (Å²) in [5, 5.41) is 13.4. The molecule has 0 bridgehead atoms. The first-order chi connectivity index (χ1) is 11.8. The molecule has 0 radical (unpaired) electrons. The topological polar surface area (TPSA) is 60.9 Å². The van der Waals surface area contributed by atoms with E-state index in [0.29, 0.717) is 5.92 Å². The van der Waals surface area contributed by atoms with Gasteiger partial charge in [0.2, 0.25) is 5.82 Å². The lowest BCUT2D eigenvalue weighted by atomic mass is 9.97. The molecule has 3 heterocycles. The van der Waals surface area contributed by atoms with Crippen molar-refractivity contribution >= 4 is 21.6 Å². The lowest BCUT2D eigenvalue weighted by molar-refractivity contribution is -0.919. The lowest BCUT2D eigenvalue weighted by Crippen LogP contribution is -3.11. The Labute approximate surface area is 145 Å². The molecule has 1 aliphatic rings. The quantitative estimate of drug-likeness (QED) is 0.765. The number of quaternary nitrogens is 1. The maximum Gasteiger partial charge on any atom is 0.206 e. The Hall–Kier alpha value is -1.86. The second-order valence-corrected chi connectivity index (χ2v) is 7.60. The molecule has 0 amide bonds. The van der Waals surface area contributed by atoms with Gasteiger partial charge in [-0.05, 0) is 29.0 Å². The van der Waals surface area contributed by atoms with Gasteiger partial charge < -0.3 is 4.90 Å². The predicted molar refractivity (Wildman–Crippen MR) is 94.1 cm³/mol. The third-order valence-electron chi connectivity index (χ3n) is 4.80. The standard InChI is InChI=1S/C17H22N6S/c1-2-9-23-16(19-20-21-23)12-22-10-7-13(8-11-22)17-18-14-5-3-4-6-15(14)24-17/h3-6,13H,2,7-12H2,1H3/p+1. The minimum atomic E-state index is 0.609. The second kappa shape index (κ2) is 6.94. The number of thiazole rings is 1. The van der Waals surface area contributed by atoms with Crippen molar-refractivity contribution < 1.29 is 4.90 Å². The minimum Gasteiger partial charge on any atom is -0.328 e. The number of nitrogens with one attached hydrogen (secondary N) is 1. The van der Waals surface area contributed by atoms with Gasteiger partial charge >= 0.3 is 0 Å². The molecule has 126 valence electrons. The summed E-state index contributed by atoms with van der Waals surface area (Å²) >= 11 is 1.86. The highest BCUT2D eigenvalue weighted by molar-refractivity contribution is 7.18. The molecule has 1 aliphatic heterocycles. The molecule has 7 heteroatoms. The highest BCUT2D eigenvalue weighted by Crippen LogP contribution is 2.31. The van der Waals surface area contributed by atoms with Crippen LogP contribution in [0.3, 0.4) is 0 Å². The first-order valence-corrected chi connectivity index (χ1v) is 9.59. The first kappa shape index (κ1) is 15.7. The number of rotatable bonds is 5. The fraction of sp³-hybridized carbons (Fsp3) is 0.529. The minimum absolute atomic E-state index is 0.609. The van der Waals surface area contributed by atoms with E-state index >= 15 is 0 Å². The van der Waals surface area contributed by atoms with Crippen LogP contribution in [-0.4, -0.2) is 38.3 Å². The Bertz CT molecular complexity index is 769. The van der Waals surface area contributed by atoms with Crippen molar-refractivity contribution in [2.24, 2.45) is 0 Å². The van der Waals surface area contributed by atoms with Crippen molar-refractivity contribution in [3.8, 4) is 0 Å². The molecule has 24 heavy (non-hydrogen) atoms. The van der Waals surface area contributed by atoms with Gasteiger partial charge in [-0.25, -0.2) is 9.67 Å². The number of fused-ring (bicyclic) bond motifs is 1. The zero-order valence-electron chi connectivity index (χ0n) is 14.0. The van der Waals surface area contributed by atoms with Crippen LogP contribution in [0.1, 0.15) is 42.9 Å². The smallest absolute Gasteiger partial charge is 0.206 e. The summed E-state index contributed by atoms with van der Waals surface area (Å²) in [4.78, 5) is 6.43. The molecule has 0 aliphatic carbocycles. The summed E-state index contributed by atoms with van der Waals surface area (Å²) in [6.45, 7) is 6.32. The van der Waals surface area contributed by atoms with Gasteiger partial charge in [0.25, 0.3) is 0 Å². The number of likely N-dealkylation sites (tertiary alicyclic amines) is 1. The van der Waals surface area contributed by atoms with E-state index in [1.807, 2.05) is 16.0 Å². The lowest BCUT2D eigenvalue weighted by Gasteiger charge is -2.27. The fourth-order valence-electron chi connectivity index (χ4n) is 3.47. The molecule has 1 N–H and O–H groups in total. The van der Waals surface area contributed by atoms with Crippen LogP contribution < -0.4 is 4.90 Å². The number of hydrogen-bond acceptors (Lipinski definition) is 5. The van der Waals surface area contributed by atoms with Crippen molar-refractivity contribution in [2.75, 3.05) is 13.1 Å². The van der Waals surface area contributed by atoms with E-state index in [0.717, 1.165) is 30.9 Å². The molecule has 0 saturated carbocycles. The number of piperidine rings is 1. The molecule has 6 nitrogen and oxygen atoms in total. The summed E-state index contributed by atoms with van der Waals surface area (Å²) in [6, 6.07) is 8.45. The molecule has 3 aromatic rings. The number of benzene rings is 1. The summed E-state index contributed by atoms with van der Waals surface area (Å²) in [5.41, 5.74) is 1.14. The number of tetrazole rings is 1. The third kappa shape index (κ3) is 3.18. The average molecular weight is 343 g/mol. The van der Waals surface area contributed by atoms with Gasteiger partial charge in [-0.3, -0.25) is 0 Å². The Morgan fingerprint density at radius 2 is 2.08 bits per heavy atom. The molecule has 4 rings (SSSR count). The van der Waals surface area contributed by atoms with Crippen LogP contribution in [0.4, 0.5) is 0 Å². The van der Waals surface area contributed by atoms with Crippen LogP contribution in [0.25, 0.3) is 10.2 Å². The van der Waals surface area contributed by atoms with Gasteiger partial charge in [-0.1, -0.05) is 19.1 Å². The molecule has 0 unspecified atom stereocenters. The molecule has 1 fully saturated rings. The van der Waals surface area contributed by atoms with Crippen LogP contribution in [0.5, 0.6) is 0 Å². The van der Waals surface area contributed by atoms with Crippen molar-refractivity contribution in [2.45, 2.75) is 45.2 Å². The maximum absolute atomic E-state index is 4.85. The Morgan fingerprint density at radius 3 is 2.88 bits per heavy atom. The van der Waals surface area contributed by atoms with E-state index in [-0.39, 0.29) is 0 Å². The second-order valence-electron chi connectivity index (χ2n) is 6.54. The SMILES string of the molecule is CCCn1nnnc1C[NH+]1CCC(c2nc3ccccc3s2)CC1. The van der Waals surface area contributed by atoms with E-state index in [1.54, 1.807) is 4.90 Å². The van der Waals surface area contributed by atoms with E-state index < -0.39 is 0 Å². The summed E-state index contributed by atoms with van der Waals surface area (Å²) in [5.74, 6) is 1.63. The van der Waals surface area contributed by atoms with E-state index in [2.05, 4.69) is 46.7 Å². The molecule has 1 aromatic carbocycles. The summed E-state index contributed by atoms with van der Waals surface area (Å²) in [7, 11) is 0. The van der Waals surface area contributed by atoms with Gasteiger partial charge in [0, 0.05) is 25.3 Å². The summed E-state index contributed by atoms with van der Waals surface area (Å²) in [6.07, 6.45) is 3.46. The molecule has 0 atom stereocenters. The van der Waals surface area contributed by atoms with Crippen LogP contribution in [0.2, 0.25) is 0 Å². The Kier molecular flexibility index (Phi) is 4.53. The van der Waals surface area contributed by atoms with Gasteiger partial charge in [0.05, 0.1) is 28.3 Å². The zero-order valence-corrected chi connectivity index (χ0v) is 14.8. The first-order valence-electron chi connectivity index (χ1n) is 8.77. The van der Waals surface area contributed by atoms with Gasteiger partial charge in [0.15, 0.2) is 0 Å². The van der Waals surface area contributed by atoms with Crippen molar-refractivity contribution in [3.05, 3.63) is 35.1 Å². The van der Waals surface area contributed by atoms with Crippen molar-refractivity contribution in [1.29, 1.82) is 0 Å². The van der Waals surface area contributed by atoms with Gasteiger partial charge in [-0.2, -0.15) is 0 Å². The number of aromatic nitrogens is 5. The fourth-order valence-corrected chi connectivity index (χ4v) is 4.61. The Balaban J connectivity index is 1.38. The highest BCUT2D eigenvalue weighted by atomic mass is 32.1. The van der Waals surface area contributed by atoms with Crippen molar-refractivity contribution in [1.82, 2.24) is 25.2 Å². The van der Waals surface area contributed by atoms with Crippen LogP contribution >= 0.6 is 11.3 Å².